The van der Waals surface area contributed by atoms with Crippen LogP contribution in [0.4, 0.5) is 0 Å². The molecule has 1 aliphatic heterocycles. The number of rotatable bonds is 4. The number of nitrogens with zero attached hydrogens (tertiary/aromatic N) is 2. The quantitative estimate of drug-likeness (QED) is 0.461. The van der Waals surface area contributed by atoms with Crippen LogP contribution in [0.2, 0.25) is 0 Å². The highest BCUT2D eigenvalue weighted by atomic mass is 16.5. The predicted molar refractivity (Wildman–Crippen MR) is 128 cm³/mol. The third kappa shape index (κ3) is 3.64. The second-order valence-electron chi connectivity index (χ2n) is 9.46. The lowest BCUT2D eigenvalue weighted by Gasteiger charge is -2.49. The maximum atomic E-state index is 11.9. The molecule has 0 atom stereocenters. The van der Waals surface area contributed by atoms with Crippen LogP contribution in [0.3, 0.4) is 0 Å². The lowest BCUT2D eigenvalue weighted by molar-refractivity contribution is -0.0410. The molecule has 1 saturated carbocycles. The topological polar surface area (TPSA) is 69.1 Å². The molecule has 4 aromatic rings. The van der Waals surface area contributed by atoms with Crippen LogP contribution in [0, 0.1) is 5.41 Å². The summed E-state index contributed by atoms with van der Waals surface area (Å²) < 4.78 is 13.6. The van der Waals surface area contributed by atoms with Crippen LogP contribution in [-0.4, -0.2) is 27.7 Å². The number of aromatic nitrogens is 3. The molecular formula is C27H27N3O3. The molecule has 1 saturated heterocycles. The fraction of sp³-hybridized carbons (Fsp3) is 0.333. The standard InChI is InChI=1S/C27H27N3O3/c1-30-17-18(7-10-23(30)31)21-8-9-22-24(25(21)33-20-5-3-2-4-6-20)29-26(28-22)19-15-27(16-19)11-13-32-14-12-27/h2-10,17,19H,11-16H2,1H3,(H,28,29). The third-order valence-corrected chi connectivity index (χ3v) is 7.29. The molecule has 168 valence electrons. The minimum atomic E-state index is -0.0422. The highest BCUT2D eigenvalue weighted by Gasteiger charge is 2.46. The number of pyridine rings is 1. The predicted octanol–water partition coefficient (Wildman–Crippen LogP) is 5.40. The number of nitrogens with one attached hydrogen (secondary N) is 1. The number of imidazole rings is 1. The molecule has 2 fully saturated rings. The number of hydrogen-bond acceptors (Lipinski definition) is 4. The second kappa shape index (κ2) is 7.89. The number of fused-ring (bicyclic) bond motifs is 1. The van der Waals surface area contributed by atoms with Gasteiger partial charge in [0, 0.05) is 49.6 Å². The molecule has 0 unspecified atom stereocenters. The first-order chi connectivity index (χ1) is 16.1. The van der Waals surface area contributed by atoms with E-state index in [4.69, 9.17) is 14.5 Å². The highest BCUT2D eigenvalue weighted by Crippen LogP contribution is 2.56. The molecule has 0 amide bonds. The first-order valence-electron chi connectivity index (χ1n) is 11.6. The summed E-state index contributed by atoms with van der Waals surface area (Å²) in [7, 11) is 1.76. The van der Waals surface area contributed by atoms with Crippen molar-refractivity contribution in [2.24, 2.45) is 12.5 Å². The van der Waals surface area contributed by atoms with Crippen LogP contribution < -0.4 is 10.3 Å². The average Bonchev–Trinajstić information content (AvgIpc) is 3.25. The number of aromatic amines is 1. The lowest BCUT2D eigenvalue weighted by Crippen LogP contribution is -2.40. The zero-order chi connectivity index (χ0) is 22.4. The Balaban J connectivity index is 1.42. The van der Waals surface area contributed by atoms with Gasteiger partial charge in [0.2, 0.25) is 5.56 Å². The van der Waals surface area contributed by atoms with Gasteiger partial charge < -0.3 is 19.0 Å². The molecule has 6 nitrogen and oxygen atoms in total. The summed E-state index contributed by atoms with van der Waals surface area (Å²) in [6, 6.07) is 17.3. The van der Waals surface area contributed by atoms with Gasteiger partial charge in [0.15, 0.2) is 5.75 Å². The van der Waals surface area contributed by atoms with Gasteiger partial charge in [0.05, 0.1) is 5.52 Å². The average molecular weight is 442 g/mol. The molecule has 1 N–H and O–H groups in total. The fourth-order valence-corrected chi connectivity index (χ4v) is 5.34. The molecule has 3 heterocycles. The van der Waals surface area contributed by atoms with Crippen LogP contribution in [0.15, 0.2) is 65.6 Å². The van der Waals surface area contributed by atoms with E-state index in [2.05, 4.69) is 11.1 Å². The zero-order valence-electron chi connectivity index (χ0n) is 18.7. The van der Waals surface area contributed by atoms with Crippen molar-refractivity contribution in [2.45, 2.75) is 31.6 Å². The monoisotopic (exact) mass is 441 g/mol. The molecule has 0 bridgehead atoms. The molecular weight excluding hydrogens is 414 g/mol. The van der Waals surface area contributed by atoms with Gasteiger partial charge in [0.25, 0.3) is 0 Å². The molecule has 1 aliphatic carbocycles. The Labute approximate surface area is 192 Å². The number of benzene rings is 2. The van der Waals surface area contributed by atoms with E-state index >= 15 is 0 Å². The van der Waals surface area contributed by atoms with Crippen molar-refractivity contribution in [3.05, 3.63) is 77.0 Å². The molecule has 2 aliphatic rings. The number of para-hydroxylation sites is 1. The Kier molecular flexibility index (Phi) is 4.84. The summed E-state index contributed by atoms with van der Waals surface area (Å²) in [6.45, 7) is 1.76. The Morgan fingerprint density at radius 3 is 2.61 bits per heavy atom. The van der Waals surface area contributed by atoms with E-state index in [0.717, 1.165) is 59.8 Å². The molecule has 6 heteroatoms. The summed E-state index contributed by atoms with van der Waals surface area (Å²) in [4.78, 5) is 20.6. The minimum absolute atomic E-state index is 0.0422. The van der Waals surface area contributed by atoms with Crippen molar-refractivity contribution in [1.82, 2.24) is 14.5 Å². The Hall–Kier alpha value is -3.38. The van der Waals surface area contributed by atoms with Gasteiger partial charge in [-0.1, -0.05) is 18.2 Å². The van der Waals surface area contributed by atoms with Crippen molar-refractivity contribution >= 4 is 11.0 Å². The Bertz CT molecular complexity index is 1360. The molecule has 0 radical (unpaired) electrons. The van der Waals surface area contributed by atoms with Crippen LogP contribution in [0.5, 0.6) is 11.5 Å². The molecule has 2 aromatic heterocycles. The smallest absolute Gasteiger partial charge is 0.250 e. The van der Waals surface area contributed by atoms with E-state index in [0.29, 0.717) is 17.1 Å². The Morgan fingerprint density at radius 1 is 1.06 bits per heavy atom. The van der Waals surface area contributed by atoms with E-state index in [1.54, 1.807) is 17.7 Å². The van der Waals surface area contributed by atoms with Gasteiger partial charge in [-0.15, -0.1) is 0 Å². The van der Waals surface area contributed by atoms with Crippen molar-refractivity contribution in [1.29, 1.82) is 0 Å². The van der Waals surface area contributed by atoms with Gasteiger partial charge in [0.1, 0.15) is 17.1 Å². The lowest BCUT2D eigenvalue weighted by atomic mass is 9.58. The highest BCUT2D eigenvalue weighted by molar-refractivity contribution is 5.91. The molecule has 33 heavy (non-hydrogen) atoms. The summed E-state index contributed by atoms with van der Waals surface area (Å²) in [5.41, 5.74) is 4.02. The maximum Gasteiger partial charge on any atom is 0.250 e. The fourth-order valence-electron chi connectivity index (χ4n) is 5.34. The van der Waals surface area contributed by atoms with Gasteiger partial charge in [-0.3, -0.25) is 4.79 Å². The molecule has 2 aromatic carbocycles. The van der Waals surface area contributed by atoms with Gasteiger partial charge in [-0.05, 0) is 61.4 Å². The summed E-state index contributed by atoms with van der Waals surface area (Å²) >= 11 is 0. The SMILES string of the molecule is Cn1cc(-c2ccc3[nH]c(C4CC5(CCOCC5)C4)nc3c2Oc2ccccc2)ccc1=O. The maximum absolute atomic E-state index is 11.9. The zero-order valence-corrected chi connectivity index (χ0v) is 18.7. The van der Waals surface area contributed by atoms with E-state index in [-0.39, 0.29) is 5.56 Å². The number of hydrogen-bond donors (Lipinski definition) is 1. The first-order valence-corrected chi connectivity index (χ1v) is 11.6. The molecule has 1 spiro atoms. The number of H-pyrrole nitrogens is 1. The van der Waals surface area contributed by atoms with E-state index in [1.807, 2.05) is 48.7 Å². The largest absolute Gasteiger partial charge is 0.454 e. The molecule has 6 rings (SSSR count). The van der Waals surface area contributed by atoms with Gasteiger partial charge in [-0.25, -0.2) is 4.98 Å². The van der Waals surface area contributed by atoms with Gasteiger partial charge in [-0.2, -0.15) is 0 Å². The summed E-state index contributed by atoms with van der Waals surface area (Å²) in [5, 5.41) is 0. The van der Waals surface area contributed by atoms with Crippen LogP contribution >= 0.6 is 0 Å². The van der Waals surface area contributed by atoms with Crippen molar-refractivity contribution in [3.8, 4) is 22.6 Å². The van der Waals surface area contributed by atoms with Crippen LogP contribution in [-0.2, 0) is 11.8 Å². The van der Waals surface area contributed by atoms with Gasteiger partial charge >= 0.3 is 0 Å². The van der Waals surface area contributed by atoms with Crippen molar-refractivity contribution in [2.75, 3.05) is 13.2 Å². The van der Waals surface area contributed by atoms with Crippen molar-refractivity contribution in [3.63, 3.8) is 0 Å². The van der Waals surface area contributed by atoms with E-state index in [1.165, 1.54) is 12.8 Å². The van der Waals surface area contributed by atoms with Crippen LogP contribution in [0.1, 0.15) is 37.4 Å². The third-order valence-electron chi connectivity index (χ3n) is 7.29. The Morgan fingerprint density at radius 2 is 1.85 bits per heavy atom. The second-order valence-corrected chi connectivity index (χ2v) is 9.46. The number of ether oxygens (including phenoxy) is 2. The first kappa shape index (κ1) is 20.2. The van der Waals surface area contributed by atoms with Crippen LogP contribution in [0.25, 0.3) is 22.2 Å². The number of aryl methyl sites for hydroxylation is 1. The normalized spacial score (nSPS) is 17.8. The van der Waals surface area contributed by atoms with E-state index < -0.39 is 0 Å². The summed E-state index contributed by atoms with van der Waals surface area (Å²) in [5.74, 6) is 2.95. The minimum Gasteiger partial charge on any atom is -0.454 e. The summed E-state index contributed by atoms with van der Waals surface area (Å²) in [6.07, 6.45) is 6.49. The van der Waals surface area contributed by atoms with E-state index in [9.17, 15) is 4.79 Å². The van der Waals surface area contributed by atoms with Crippen molar-refractivity contribution < 1.29 is 9.47 Å².